The summed E-state index contributed by atoms with van der Waals surface area (Å²) >= 11 is 1.82. The number of nitrogens with one attached hydrogen (secondary N) is 1. The van der Waals surface area contributed by atoms with Gasteiger partial charge in [0.05, 0.1) is 0 Å². The second-order valence-corrected chi connectivity index (χ2v) is 6.98. The molecule has 3 heterocycles. The average molecular weight is 265 g/mol. The highest BCUT2D eigenvalue weighted by Crippen LogP contribution is 2.43. The number of hydrogen-bond donors (Lipinski definition) is 2. The van der Waals surface area contributed by atoms with E-state index >= 15 is 0 Å². The first-order chi connectivity index (χ1) is 8.70. The fraction of sp³-hybridized carbons (Fsp3) is 0.714. The van der Waals surface area contributed by atoms with Gasteiger partial charge >= 0.3 is 0 Å². The number of hydrogen-bond acceptors (Lipinski definition) is 4. The lowest BCUT2D eigenvalue weighted by atomic mass is 9.82. The monoisotopic (exact) mass is 265 g/mol. The third kappa shape index (κ3) is 2.01. The summed E-state index contributed by atoms with van der Waals surface area (Å²) in [5.74, 6) is 6.54. The van der Waals surface area contributed by atoms with Crippen molar-refractivity contribution in [3.63, 3.8) is 0 Å². The van der Waals surface area contributed by atoms with Gasteiger partial charge in [0.25, 0.3) is 0 Å². The number of thiophene rings is 1. The van der Waals surface area contributed by atoms with Gasteiger partial charge in [-0.1, -0.05) is 0 Å². The third-order valence-corrected chi connectivity index (χ3v) is 5.88. The highest BCUT2D eigenvalue weighted by molar-refractivity contribution is 7.10. The van der Waals surface area contributed by atoms with Crippen molar-refractivity contribution in [3.05, 3.63) is 21.9 Å². The van der Waals surface area contributed by atoms with Gasteiger partial charge < -0.3 is 4.90 Å². The topological polar surface area (TPSA) is 41.3 Å². The first kappa shape index (κ1) is 12.6. The normalized spacial score (nSPS) is 33.8. The predicted octanol–water partition coefficient (Wildman–Crippen LogP) is 2.43. The van der Waals surface area contributed by atoms with Crippen LogP contribution in [0.5, 0.6) is 0 Å². The lowest BCUT2D eigenvalue weighted by Crippen LogP contribution is -2.45. The third-order valence-electron chi connectivity index (χ3n) is 5.02. The second kappa shape index (κ2) is 4.93. The van der Waals surface area contributed by atoms with Crippen molar-refractivity contribution in [2.24, 2.45) is 11.8 Å². The number of piperidine rings is 1. The fourth-order valence-electron chi connectivity index (χ4n) is 3.92. The van der Waals surface area contributed by atoms with Crippen LogP contribution in [0.1, 0.15) is 42.2 Å². The summed E-state index contributed by atoms with van der Waals surface area (Å²) in [5, 5.41) is 2.18. The minimum absolute atomic E-state index is 0.341. The summed E-state index contributed by atoms with van der Waals surface area (Å²) in [6.07, 6.45) is 5.32. The standard InChI is InChI=1S/C14H23N3S/c1-9-13(5-6-18-9)14(16-15)10-7-11-3-4-12(8-10)17(11)2/h5-6,10-12,14,16H,3-4,7-8,15H2,1-2H3. The van der Waals surface area contributed by atoms with Gasteiger partial charge in [-0.2, -0.15) is 0 Å². The Balaban J connectivity index is 1.80. The zero-order chi connectivity index (χ0) is 12.7. The second-order valence-electron chi connectivity index (χ2n) is 5.86. The summed E-state index contributed by atoms with van der Waals surface area (Å²) < 4.78 is 0. The van der Waals surface area contributed by atoms with E-state index in [1.165, 1.54) is 36.1 Å². The molecule has 2 aliphatic rings. The van der Waals surface area contributed by atoms with Gasteiger partial charge in [0.1, 0.15) is 0 Å². The highest BCUT2D eigenvalue weighted by Gasteiger charge is 2.41. The maximum atomic E-state index is 5.85. The van der Waals surface area contributed by atoms with Crippen molar-refractivity contribution >= 4 is 11.3 Å². The Morgan fingerprint density at radius 2 is 2.06 bits per heavy atom. The Labute approximate surface area is 113 Å². The van der Waals surface area contributed by atoms with E-state index in [0.717, 1.165) is 12.1 Å². The van der Waals surface area contributed by atoms with Crippen LogP contribution in [0.4, 0.5) is 0 Å². The molecule has 1 aromatic rings. The van der Waals surface area contributed by atoms with Crippen LogP contribution in [0.15, 0.2) is 11.4 Å². The van der Waals surface area contributed by atoms with Gasteiger partial charge in [-0.25, -0.2) is 0 Å². The van der Waals surface area contributed by atoms with Gasteiger partial charge in [0.15, 0.2) is 0 Å². The van der Waals surface area contributed by atoms with Crippen LogP contribution >= 0.6 is 11.3 Å². The van der Waals surface area contributed by atoms with Crippen LogP contribution < -0.4 is 11.3 Å². The molecule has 0 amide bonds. The molecule has 2 aliphatic heterocycles. The van der Waals surface area contributed by atoms with Crippen molar-refractivity contribution in [2.45, 2.75) is 50.7 Å². The van der Waals surface area contributed by atoms with Crippen molar-refractivity contribution in [2.75, 3.05) is 7.05 Å². The predicted molar refractivity (Wildman–Crippen MR) is 76.4 cm³/mol. The van der Waals surface area contributed by atoms with Crippen LogP contribution in [-0.4, -0.2) is 24.0 Å². The van der Waals surface area contributed by atoms with E-state index in [4.69, 9.17) is 5.84 Å². The first-order valence-electron chi connectivity index (χ1n) is 6.92. The molecular formula is C14H23N3S. The molecule has 0 aromatic carbocycles. The van der Waals surface area contributed by atoms with Gasteiger partial charge in [-0.15, -0.1) is 11.3 Å². The van der Waals surface area contributed by atoms with Gasteiger partial charge in [-0.3, -0.25) is 11.3 Å². The number of nitrogens with two attached hydrogens (primary N) is 1. The maximum absolute atomic E-state index is 5.85. The van der Waals surface area contributed by atoms with E-state index in [-0.39, 0.29) is 0 Å². The molecule has 3 rings (SSSR count). The molecule has 0 saturated carbocycles. The number of fused-ring (bicyclic) bond motifs is 2. The largest absolute Gasteiger partial charge is 0.300 e. The lowest BCUT2D eigenvalue weighted by Gasteiger charge is -2.39. The molecule has 3 atom stereocenters. The summed E-state index contributed by atoms with van der Waals surface area (Å²) in [5.41, 5.74) is 4.50. The Kier molecular flexibility index (Phi) is 3.45. The van der Waals surface area contributed by atoms with Crippen LogP contribution in [0, 0.1) is 12.8 Å². The van der Waals surface area contributed by atoms with E-state index in [1.807, 2.05) is 11.3 Å². The number of aryl methyl sites for hydroxylation is 1. The molecule has 18 heavy (non-hydrogen) atoms. The Bertz CT molecular complexity index is 403. The minimum Gasteiger partial charge on any atom is -0.300 e. The molecule has 3 nitrogen and oxygen atoms in total. The van der Waals surface area contributed by atoms with Gasteiger partial charge in [0, 0.05) is 23.0 Å². The number of rotatable bonds is 3. The van der Waals surface area contributed by atoms with E-state index in [1.54, 1.807) is 0 Å². The smallest absolute Gasteiger partial charge is 0.0500 e. The van der Waals surface area contributed by atoms with E-state index in [9.17, 15) is 0 Å². The first-order valence-corrected chi connectivity index (χ1v) is 7.80. The van der Waals surface area contributed by atoms with E-state index in [0.29, 0.717) is 12.0 Å². The zero-order valence-corrected chi connectivity index (χ0v) is 12.0. The molecule has 0 aliphatic carbocycles. The summed E-state index contributed by atoms with van der Waals surface area (Å²) in [6, 6.07) is 4.14. The minimum atomic E-state index is 0.341. The molecule has 4 heteroatoms. The number of hydrazine groups is 1. The molecular weight excluding hydrogens is 242 g/mol. The molecule has 3 N–H and O–H groups in total. The molecule has 2 fully saturated rings. The highest BCUT2D eigenvalue weighted by atomic mass is 32.1. The van der Waals surface area contributed by atoms with Gasteiger partial charge in [-0.05, 0) is 62.6 Å². The molecule has 3 unspecified atom stereocenters. The van der Waals surface area contributed by atoms with Crippen LogP contribution in [0.3, 0.4) is 0 Å². The van der Waals surface area contributed by atoms with E-state index < -0.39 is 0 Å². The van der Waals surface area contributed by atoms with Crippen molar-refractivity contribution in [1.82, 2.24) is 10.3 Å². The average Bonchev–Trinajstić information content (AvgIpc) is 2.84. The maximum Gasteiger partial charge on any atom is 0.0500 e. The SMILES string of the molecule is Cc1sccc1C(NN)C1CC2CCC(C1)N2C. The lowest BCUT2D eigenvalue weighted by molar-refractivity contribution is 0.112. The Hall–Kier alpha value is -0.420. The Morgan fingerprint density at radius 3 is 2.56 bits per heavy atom. The Morgan fingerprint density at radius 1 is 1.39 bits per heavy atom. The molecule has 2 bridgehead atoms. The molecule has 1 aromatic heterocycles. The van der Waals surface area contributed by atoms with Crippen molar-refractivity contribution in [3.8, 4) is 0 Å². The quantitative estimate of drug-likeness (QED) is 0.651. The number of nitrogens with zero attached hydrogens (tertiary/aromatic N) is 1. The van der Waals surface area contributed by atoms with Crippen molar-refractivity contribution < 1.29 is 0 Å². The summed E-state index contributed by atoms with van der Waals surface area (Å²) in [6.45, 7) is 2.20. The van der Waals surface area contributed by atoms with Crippen LogP contribution in [0.2, 0.25) is 0 Å². The molecule has 2 saturated heterocycles. The van der Waals surface area contributed by atoms with E-state index in [2.05, 4.69) is 35.7 Å². The van der Waals surface area contributed by atoms with Crippen LogP contribution in [-0.2, 0) is 0 Å². The van der Waals surface area contributed by atoms with Gasteiger partial charge in [0.2, 0.25) is 0 Å². The summed E-state index contributed by atoms with van der Waals surface area (Å²) in [7, 11) is 2.29. The van der Waals surface area contributed by atoms with Crippen LogP contribution in [0.25, 0.3) is 0 Å². The zero-order valence-electron chi connectivity index (χ0n) is 11.2. The molecule has 0 spiro atoms. The fourth-order valence-corrected chi connectivity index (χ4v) is 4.67. The molecule has 100 valence electrons. The molecule has 0 radical (unpaired) electrons. The summed E-state index contributed by atoms with van der Waals surface area (Å²) in [4.78, 5) is 3.99. The van der Waals surface area contributed by atoms with Crippen molar-refractivity contribution in [1.29, 1.82) is 0 Å².